The van der Waals surface area contributed by atoms with E-state index in [9.17, 15) is 19.3 Å². The molecule has 0 saturated heterocycles. The second-order valence-electron chi connectivity index (χ2n) is 5.66. The van der Waals surface area contributed by atoms with E-state index in [0.717, 1.165) is 38.2 Å². The minimum atomic E-state index is -1.45. The summed E-state index contributed by atoms with van der Waals surface area (Å²) in [6, 6.07) is 1.67. The van der Waals surface area contributed by atoms with Crippen molar-refractivity contribution in [1.82, 2.24) is 0 Å². The normalized spacial score (nSPS) is 17.2. The minimum absolute atomic E-state index is 0.00222. The van der Waals surface area contributed by atoms with Gasteiger partial charge in [0.1, 0.15) is 5.56 Å². The Morgan fingerprint density at radius 3 is 2.52 bits per heavy atom. The Hall–Kier alpha value is -2.18. The first-order valence-corrected chi connectivity index (χ1v) is 6.82. The van der Waals surface area contributed by atoms with Gasteiger partial charge >= 0.3 is 5.97 Å². The number of carbonyl (C=O) groups is 1. The van der Waals surface area contributed by atoms with Crippen molar-refractivity contribution in [2.75, 3.05) is 5.32 Å². The van der Waals surface area contributed by atoms with Crippen LogP contribution in [0.15, 0.2) is 12.1 Å². The van der Waals surface area contributed by atoms with Gasteiger partial charge in [-0.25, -0.2) is 9.18 Å². The number of nitro benzene ring substituents is 1. The highest BCUT2D eigenvalue weighted by Gasteiger charge is 2.29. The zero-order valence-corrected chi connectivity index (χ0v) is 11.7. The molecule has 6 nitrogen and oxygen atoms in total. The van der Waals surface area contributed by atoms with Crippen molar-refractivity contribution in [3.63, 3.8) is 0 Å². The van der Waals surface area contributed by atoms with Gasteiger partial charge in [0, 0.05) is 5.54 Å². The highest BCUT2D eigenvalue weighted by atomic mass is 19.1. The number of nitrogens with zero attached hydrogens (tertiary/aromatic N) is 1. The van der Waals surface area contributed by atoms with Crippen molar-refractivity contribution in [3.05, 3.63) is 33.6 Å². The number of aromatic carboxylic acids is 1. The van der Waals surface area contributed by atoms with Gasteiger partial charge in [-0.2, -0.15) is 0 Å². The lowest BCUT2D eigenvalue weighted by atomic mass is 9.83. The molecular formula is C14H17FN2O4. The zero-order valence-electron chi connectivity index (χ0n) is 11.7. The lowest BCUT2D eigenvalue weighted by molar-refractivity contribution is -0.385. The molecule has 1 aromatic rings. The Kier molecular flexibility index (Phi) is 4.11. The summed E-state index contributed by atoms with van der Waals surface area (Å²) in [6.07, 6.45) is 4.87. The Bertz CT molecular complexity index is 583. The molecule has 114 valence electrons. The van der Waals surface area contributed by atoms with E-state index in [1.165, 1.54) is 0 Å². The molecule has 0 aliphatic heterocycles. The van der Waals surface area contributed by atoms with Crippen LogP contribution in [-0.4, -0.2) is 21.5 Å². The number of anilines is 1. The number of carboxylic acids is 1. The molecule has 1 aliphatic rings. The maximum atomic E-state index is 14.0. The summed E-state index contributed by atoms with van der Waals surface area (Å²) in [4.78, 5) is 21.0. The minimum Gasteiger partial charge on any atom is -0.477 e. The number of rotatable bonds is 4. The van der Waals surface area contributed by atoms with Crippen molar-refractivity contribution in [2.45, 2.75) is 44.6 Å². The summed E-state index contributed by atoms with van der Waals surface area (Å²) < 4.78 is 14.0. The number of hydrogen-bond acceptors (Lipinski definition) is 4. The van der Waals surface area contributed by atoms with Crippen LogP contribution in [0, 0.1) is 15.9 Å². The van der Waals surface area contributed by atoms with Gasteiger partial charge in [-0.05, 0) is 25.8 Å². The van der Waals surface area contributed by atoms with E-state index in [0.29, 0.717) is 6.07 Å². The average Bonchev–Trinajstić information content (AvgIpc) is 2.40. The van der Waals surface area contributed by atoms with Gasteiger partial charge in [0.05, 0.1) is 16.7 Å². The zero-order chi connectivity index (χ0) is 15.6. The summed E-state index contributed by atoms with van der Waals surface area (Å²) in [5.41, 5.74) is -1.56. The van der Waals surface area contributed by atoms with Crippen molar-refractivity contribution in [2.24, 2.45) is 0 Å². The van der Waals surface area contributed by atoms with Crippen LogP contribution in [-0.2, 0) is 0 Å². The van der Waals surface area contributed by atoms with E-state index in [1.54, 1.807) is 0 Å². The fourth-order valence-corrected chi connectivity index (χ4v) is 2.76. The molecule has 0 radical (unpaired) electrons. The molecule has 1 aliphatic carbocycles. The predicted molar refractivity (Wildman–Crippen MR) is 75.1 cm³/mol. The van der Waals surface area contributed by atoms with Crippen molar-refractivity contribution < 1.29 is 19.2 Å². The largest absolute Gasteiger partial charge is 0.477 e. The molecule has 1 aromatic carbocycles. The van der Waals surface area contributed by atoms with Gasteiger partial charge in [0.15, 0.2) is 5.82 Å². The lowest BCUT2D eigenvalue weighted by Gasteiger charge is -2.35. The number of hydrogen-bond donors (Lipinski definition) is 2. The average molecular weight is 296 g/mol. The number of nitrogens with one attached hydrogen (secondary N) is 1. The summed E-state index contributed by atoms with van der Waals surface area (Å²) >= 11 is 0. The molecular weight excluding hydrogens is 279 g/mol. The van der Waals surface area contributed by atoms with Crippen LogP contribution in [0.25, 0.3) is 0 Å². The molecule has 0 amide bonds. The standard InChI is InChI=1S/C14H17FN2O4/c1-14(5-3-2-4-6-14)16-11-7-9(13(18)19)12(17(20)21)8-10(11)15/h7-8,16H,2-6H2,1H3,(H,18,19). The smallest absolute Gasteiger partial charge is 0.342 e. The van der Waals surface area contributed by atoms with E-state index in [4.69, 9.17) is 5.11 Å². The quantitative estimate of drug-likeness (QED) is 0.654. The number of halogens is 1. The fourth-order valence-electron chi connectivity index (χ4n) is 2.76. The fraction of sp³-hybridized carbons (Fsp3) is 0.500. The highest BCUT2D eigenvalue weighted by Crippen LogP contribution is 2.34. The first kappa shape index (κ1) is 15.2. The van der Waals surface area contributed by atoms with Crippen LogP contribution >= 0.6 is 0 Å². The van der Waals surface area contributed by atoms with E-state index in [1.807, 2.05) is 6.92 Å². The second kappa shape index (κ2) is 5.67. The third-order valence-electron chi connectivity index (χ3n) is 3.91. The molecule has 2 rings (SSSR count). The van der Waals surface area contributed by atoms with Crippen molar-refractivity contribution in [3.8, 4) is 0 Å². The van der Waals surface area contributed by atoms with Crippen LogP contribution in [0.2, 0.25) is 0 Å². The first-order chi connectivity index (χ1) is 9.82. The summed E-state index contributed by atoms with van der Waals surface area (Å²) in [6.45, 7) is 1.95. The van der Waals surface area contributed by atoms with E-state index >= 15 is 0 Å². The lowest BCUT2D eigenvalue weighted by Crippen LogP contribution is -2.37. The van der Waals surface area contributed by atoms with Crippen molar-refractivity contribution >= 4 is 17.3 Å². The first-order valence-electron chi connectivity index (χ1n) is 6.82. The molecule has 0 aromatic heterocycles. The maximum Gasteiger partial charge on any atom is 0.342 e. The van der Waals surface area contributed by atoms with Gasteiger partial charge in [0.25, 0.3) is 5.69 Å². The van der Waals surface area contributed by atoms with Crippen LogP contribution < -0.4 is 5.32 Å². The number of nitro groups is 1. The molecule has 1 saturated carbocycles. The van der Waals surface area contributed by atoms with Gasteiger partial charge in [-0.3, -0.25) is 10.1 Å². The maximum absolute atomic E-state index is 14.0. The molecule has 0 atom stereocenters. The van der Waals surface area contributed by atoms with Crippen LogP contribution in [0.1, 0.15) is 49.4 Å². The molecule has 0 heterocycles. The van der Waals surface area contributed by atoms with Gasteiger partial charge < -0.3 is 10.4 Å². The number of benzene rings is 1. The van der Waals surface area contributed by atoms with Gasteiger partial charge in [-0.15, -0.1) is 0 Å². The van der Waals surface area contributed by atoms with Crippen LogP contribution in [0.5, 0.6) is 0 Å². The van der Waals surface area contributed by atoms with Crippen LogP contribution in [0.3, 0.4) is 0 Å². The monoisotopic (exact) mass is 296 g/mol. The molecule has 0 bridgehead atoms. The Morgan fingerprint density at radius 1 is 1.38 bits per heavy atom. The summed E-state index contributed by atoms with van der Waals surface area (Å²) in [7, 11) is 0. The van der Waals surface area contributed by atoms with E-state index in [-0.39, 0.29) is 11.2 Å². The molecule has 0 spiro atoms. The van der Waals surface area contributed by atoms with Gasteiger partial charge in [0.2, 0.25) is 0 Å². The third-order valence-corrected chi connectivity index (χ3v) is 3.91. The van der Waals surface area contributed by atoms with E-state index in [2.05, 4.69) is 5.32 Å². The molecule has 1 fully saturated rings. The SMILES string of the molecule is CC1(Nc2cc(C(=O)O)c([N+](=O)[O-])cc2F)CCCCC1. The molecule has 2 N–H and O–H groups in total. The van der Waals surface area contributed by atoms with Crippen molar-refractivity contribution in [1.29, 1.82) is 0 Å². The second-order valence-corrected chi connectivity index (χ2v) is 5.66. The molecule has 7 heteroatoms. The molecule has 21 heavy (non-hydrogen) atoms. The predicted octanol–water partition coefficient (Wildman–Crippen LogP) is 3.57. The molecule has 0 unspecified atom stereocenters. The Morgan fingerprint density at radius 2 is 2.00 bits per heavy atom. The third kappa shape index (κ3) is 3.29. The van der Waals surface area contributed by atoms with E-state index < -0.39 is 28.0 Å². The Balaban J connectivity index is 2.38. The Labute approximate surface area is 121 Å². The summed E-state index contributed by atoms with van der Waals surface area (Å²) in [5.74, 6) is -2.25. The topological polar surface area (TPSA) is 92.5 Å². The highest BCUT2D eigenvalue weighted by molar-refractivity contribution is 5.93. The summed E-state index contributed by atoms with van der Waals surface area (Å²) in [5, 5.41) is 22.9. The number of carboxylic acid groups (broad SMARTS) is 1. The van der Waals surface area contributed by atoms with Gasteiger partial charge in [-0.1, -0.05) is 19.3 Å². The van der Waals surface area contributed by atoms with Crippen LogP contribution in [0.4, 0.5) is 15.8 Å².